The summed E-state index contributed by atoms with van der Waals surface area (Å²) in [6, 6.07) is 0. The lowest BCUT2D eigenvalue weighted by atomic mass is 10.2. The van der Waals surface area contributed by atoms with Crippen molar-refractivity contribution in [2.24, 2.45) is 0 Å². The van der Waals surface area contributed by atoms with Crippen molar-refractivity contribution in [3.8, 4) is 0 Å². The van der Waals surface area contributed by atoms with Crippen LogP contribution in [0, 0.1) is 0 Å². The first-order valence-corrected chi connectivity index (χ1v) is 6.86. The first kappa shape index (κ1) is 17.8. The highest BCUT2D eigenvalue weighted by atomic mass is 16.5. The van der Waals surface area contributed by atoms with E-state index in [1.807, 2.05) is 0 Å². The van der Waals surface area contributed by atoms with E-state index in [2.05, 4.69) is 4.90 Å². The van der Waals surface area contributed by atoms with E-state index in [0.717, 1.165) is 51.9 Å². The third kappa shape index (κ3) is 12.3. The summed E-state index contributed by atoms with van der Waals surface area (Å²) in [6.07, 6.45) is 4.08. The molecule has 2 N–H and O–H groups in total. The molecule has 0 atom stereocenters. The van der Waals surface area contributed by atoms with Crippen molar-refractivity contribution >= 4 is 0 Å². The van der Waals surface area contributed by atoms with Gasteiger partial charge >= 0.3 is 0 Å². The van der Waals surface area contributed by atoms with Crippen LogP contribution in [0.5, 0.6) is 0 Å². The number of unbranched alkanes of at least 4 members (excludes halogenated alkanes) is 2. The Morgan fingerprint density at radius 2 is 1.56 bits per heavy atom. The maximum atomic E-state index is 8.73. The molecule has 5 heteroatoms. The highest BCUT2D eigenvalue weighted by molar-refractivity contribution is 4.58. The zero-order chi connectivity index (χ0) is 13.5. The van der Waals surface area contributed by atoms with Gasteiger partial charge in [-0.15, -0.1) is 0 Å². The minimum Gasteiger partial charge on any atom is -0.396 e. The molecule has 18 heavy (non-hydrogen) atoms. The largest absolute Gasteiger partial charge is 0.396 e. The second-order valence-corrected chi connectivity index (χ2v) is 4.31. The summed E-state index contributed by atoms with van der Waals surface area (Å²) in [5.74, 6) is 0. The number of aliphatic hydroxyl groups is 2. The maximum absolute atomic E-state index is 8.73. The third-order valence-electron chi connectivity index (χ3n) is 2.74. The summed E-state index contributed by atoms with van der Waals surface area (Å²) in [5.41, 5.74) is 0. The summed E-state index contributed by atoms with van der Waals surface area (Å²) >= 11 is 0. The molecule has 0 unspecified atom stereocenters. The van der Waals surface area contributed by atoms with Crippen LogP contribution in [0.25, 0.3) is 0 Å². The van der Waals surface area contributed by atoms with Crippen molar-refractivity contribution < 1.29 is 19.7 Å². The molecule has 0 amide bonds. The SMILES string of the molecule is COCCCN(CCCCCO)CCOCCO. The molecule has 0 heterocycles. The van der Waals surface area contributed by atoms with E-state index in [1.54, 1.807) is 7.11 Å². The van der Waals surface area contributed by atoms with Gasteiger partial charge in [-0.3, -0.25) is 0 Å². The second-order valence-electron chi connectivity index (χ2n) is 4.31. The number of ether oxygens (including phenoxy) is 2. The lowest BCUT2D eigenvalue weighted by Crippen LogP contribution is -2.30. The number of nitrogens with zero attached hydrogens (tertiary/aromatic N) is 1. The van der Waals surface area contributed by atoms with Crippen molar-refractivity contribution in [3.05, 3.63) is 0 Å². The Kier molecular flexibility index (Phi) is 14.7. The van der Waals surface area contributed by atoms with Gasteiger partial charge in [0.1, 0.15) is 0 Å². The van der Waals surface area contributed by atoms with Crippen molar-refractivity contribution in [1.29, 1.82) is 0 Å². The fourth-order valence-corrected chi connectivity index (χ4v) is 1.75. The lowest BCUT2D eigenvalue weighted by Gasteiger charge is -2.22. The van der Waals surface area contributed by atoms with Crippen molar-refractivity contribution in [3.63, 3.8) is 0 Å². The van der Waals surface area contributed by atoms with Crippen molar-refractivity contribution in [1.82, 2.24) is 4.90 Å². The van der Waals surface area contributed by atoms with Crippen LogP contribution in [0.1, 0.15) is 25.7 Å². The standard InChI is InChI=1S/C13H29NO4/c1-17-11-5-7-14(6-3-2-4-9-15)8-12-18-13-10-16/h15-16H,2-13H2,1H3. The fraction of sp³-hybridized carbons (Fsp3) is 1.00. The summed E-state index contributed by atoms with van der Waals surface area (Å²) < 4.78 is 10.3. The third-order valence-corrected chi connectivity index (χ3v) is 2.74. The second kappa shape index (κ2) is 14.9. The predicted octanol–water partition coefficient (Wildman–Crippen LogP) is 0.496. The van der Waals surface area contributed by atoms with E-state index in [9.17, 15) is 0 Å². The van der Waals surface area contributed by atoms with Gasteiger partial charge in [-0.25, -0.2) is 0 Å². The zero-order valence-corrected chi connectivity index (χ0v) is 11.6. The average Bonchev–Trinajstić information content (AvgIpc) is 2.39. The fourth-order valence-electron chi connectivity index (χ4n) is 1.75. The Bertz CT molecular complexity index is 146. The number of hydrogen-bond acceptors (Lipinski definition) is 5. The molecular formula is C13H29NO4. The maximum Gasteiger partial charge on any atom is 0.0698 e. The van der Waals surface area contributed by atoms with Crippen LogP contribution in [-0.4, -0.2) is 74.9 Å². The number of rotatable bonds is 14. The molecule has 0 bridgehead atoms. The Balaban J connectivity index is 3.62. The molecule has 0 aromatic carbocycles. The zero-order valence-electron chi connectivity index (χ0n) is 11.6. The minimum absolute atomic E-state index is 0.0835. The van der Waals surface area contributed by atoms with E-state index >= 15 is 0 Å². The molecule has 0 spiro atoms. The van der Waals surface area contributed by atoms with E-state index in [4.69, 9.17) is 19.7 Å². The van der Waals surface area contributed by atoms with Crippen LogP contribution < -0.4 is 0 Å². The molecule has 0 fully saturated rings. The Labute approximate surface area is 111 Å². The van der Waals surface area contributed by atoms with Gasteiger partial charge in [-0.1, -0.05) is 0 Å². The molecule has 0 aliphatic rings. The van der Waals surface area contributed by atoms with Crippen LogP contribution in [-0.2, 0) is 9.47 Å². The topological polar surface area (TPSA) is 62.2 Å². The van der Waals surface area contributed by atoms with Gasteiger partial charge in [-0.2, -0.15) is 0 Å². The monoisotopic (exact) mass is 263 g/mol. The van der Waals surface area contributed by atoms with Crippen molar-refractivity contribution in [2.75, 3.05) is 59.8 Å². The van der Waals surface area contributed by atoms with Gasteiger partial charge in [0, 0.05) is 33.4 Å². The first-order chi connectivity index (χ1) is 8.85. The molecule has 0 saturated heterocycles. The molecule has 0 aliphatic carbocycles. The molecule has 0 rings (SSSR count). The normalized spacial score (nSPS) is 11.3. The van der Waals surface area contributed by atoms with E-state index in [-0.39, 0.29) is 13.2 Å². The summed E-state index contributed by atoms with van der Waals surface area (Å²) in [6.45, 7) is 5.16. The van der Waals surface area contributed by atoms with Crippen LogP contribution >= 0.6 is 0 Å². The van der Waals surface area contributed by atoms with Crippen LogP contribution in [0.15, 0.2) is 0 Å². The molecule has 0 saturated carbocycles. The molecule has 0 aliphatic heterocycles. The number of methoxy groups -OCH3 is 1. The lowest BCUT2D eigenvalue weighted by molar-refractivity contribution is 0.0706. The molecule has 0 radical (unpaired) electrons. The average molecular weight is 263 g/mol. The molecule has 0 aromatic heterocycles. The summed E-state index contributed by atoms with van der Waals surface area (Å²) in [7, 11) is 1.72. The van der Waals surface area contributed by atoms with E-state index in [0.29, 0.717) is 13.2 Å². The van der Waals surface area contributed by atoms with Crippen LogP contribution in [0.2, 0.25) is 0 Å². The predicted molar refractivity (Wildman–Crippen MR) is 71.8 cm³/mol. The Morgan fingerprint density at radius 3 is 2.22 bits per heavy atom. The molecule has 110 valence electrons. The molecule has 0 aromatic rings. The summed E-state index contributed by atoms with van der Waals surface area (Å²) in [4.78, 5) is 2.35. The number of hydrogen-bond donors (Lipinski definition) is 2. The van der Waals surface area contributed by atoms with Crippen LogP contribution in [0.4, 0.5) is 0 Å². The van der Waals surface area contributed by atoms with Gasteiger partial charge in [0.25, 0.3) is 0 Å². The quantitative estimate of drug-likeness (QED) is 0.447. The minimum atomic E-state index is 0.0835. The molecule has 5 nitrogen and oxygen atoms in total. The smallest absolute Gasteiger partial charge is 0.0698 e. The van der Waals surface area contributed by atoms with Gasteiger partial charge in [0.2, 0.25) is 0 Å². The van der Waals surface area contributed by atoms with Gasteiger partial charge in [0.15, 0.2) is 0 Å². The highest BCUT2D eigenvalue weighted by Crippen LogP contribution is 2.00. The first-order valence-electron chi connectivity index (χ1n) is 6.86. The van der Waals surface area contributed by atoms with Crippen LogP contribution in [0.3, 0.4) is 0 Å². The van der Waals surface area contributed by atoms with Crippen molar-refractivity contribution in [2.45, 2.75) is 25.7 Å². The highest BCUT2D eigenvalue weighted by Gasteiger charge is 2.04. The Morgan fingerprint density at radius 1 is 0.778 bits per heavy atom. The van der Waals surface area contributed by atoms with E-state index in [1.165, 1.54) is 0 Å². The van der Waals surface area contributed by atoms with Gasteiger partial charge in [0.05, 0.1) is 19.8 Å². The Hall–Kier alpha value is -0.200. The van der Waals surface area contributed by atoms with E-state index < -0.39 is 0 Å². The van der Waals surface area contributed by atoms with Gasteiger partial charge < -0.3 is 24.6 Å². The number of aliphatic hydroxyl groups excluding tert-OH is 2. The van der Waals surface area contributed by atoms with Gasteiger partial charge in [-0.05, 0) is 32.2 Å². The molecular weight excluding hydrogens is 234 g/mol. The summed E-state index contributed by atoms with van der Waals surface area (Å²) in [5, 5.41) is 17.4.